The van der Waals surface area contributed by atoms with Gasteiger partial charge in [-0.05, 0) is 42.5 Å². The molecule has 0 aliphatic rings. The first kappa shape index (κ1) is 18.4. The van der Waals surface area contributed by atoms with Crippen molar-refractivity contribution in [2.75, 3.05) is 13.1 Å². The summed E-state index contributed by atoms with van der Waals surface area (Å²) >= 11 is 5.79. The number of fused-ring (bicyclic) bond motifs is 1. The van der Waals surface area contributed by atoms with E-state index in [1.54, 1.807) is 12.1 Å². The Labute approximate surface area is 154 Å². The molecule has 0 spiro atoms. The van der Waals surface area contributed by atoms with Crippen LogP contribution in [0.1, 0.15) is 10.5 Å². The van der Waals surface area contributed by atoms with Crippen LogP contribution < -0.4 is 10.0 Å². The number of carbonyl (C=O) groups is 1. The van der Waals surface area contributed by atoms with Crippen LogP contribution in [0.25, 0.3) is 10.9 Å². The molecule has 0 aliphatic carbocycles. The van der Waals surface area contributed by atoms with Crippen molar-refractivity contribution in [1.82, 2.24) is 15.0 Å². The zero-order chi connectivity index (χ0) is 18.7. The summed E-state index contributed by atoms with van der Waals surface area (Å²) in [5.41, 5.74) is 0.904. The van der Waals surface area contributed by atoms with E-state index < -0.39 is 15.9 Å². The van der Waals surface area contributed by atoms with Gasteiger partial charge in [0.2, 0.25) is 10.0 Å². The Kier molecular flexibility index (Phi) is 5.26. The number of aromatic nitrogens is 1. The van der Waals surface area contributed by atoms with E-state index in [1.165, 1.54) is 36.4 Å². The number of halogens is 2. The minimum atomic E-state index is -3.71. The van der Waals surface area contributed by atoms with Crippen molar-refractivity contribution in [3.8, 4) is 0 Å². The van der Waals surface area contributed by atoms with Crippen LogP contribution in [-0.4, -0.2) is 32.4 Å². The Morgan fingerprint density at radius 2 is 1.92 bits per heavy atom. The molecule has 9 heteroatoms. The maximum Gasteiger partial charge on any atom is 0.267 e. The fourth-order valence-electron chi connectivity index (χ4n) is 2.40. The Hall–Kier alpha value is -2.42. The van der Waals surface area contributed by atoms with Gasteiger partial charge in [-0.25, -0.2) is 17.5 Å². The van der Waals surface area contributed by atoms with Crippen LogP contribution in [0.15, 0.2) is 53.4 Å². The molecular formula is C17H15ClFN3O3S. The van der Waals surface area contributed by atoms with Crippen LogP contribution in [0.5, 0.6) is 0 Å². The summed E-state index contributed by atoms with van der Waals surface area (Å²) in [6, 6.07) is 11.6. The lowest BCUT2D eigenvalue weighted by molar-refractivity contribution is 0.0950. The van der Waals surface area contributed by atoms with E-state index in [9.17, 15) is 17.6 Å². The molecule has 26 heavy (non-hydrogen) atoms. The maximum atomic E-state index is 13.2. The number of H-pyrrole nitrogens is 1. The highest BCUT2D eigenvalue weighted by atomic mass is 35.5. The van der Waals surface area contributed by atoms with Crippen LogP contribution in [0.4, 0.5) is 4.39 Å². The average molecular weight is 396 g/mol. The van der Waals surface area contributed by atoms with Crippen molar-refractivity contribution in [3.05, 3.63) is 65.1 Å². The van der Waals surface area contributed by atoms with Crippen molar-refractivity contribution in [3.63, 3.8) is 0 Å². The van der Waals surface area contributed by atoms with Crippen molar-refractivity contribution in [1.29, 1.82) is 0 Å². The third-order valence-electron chi connectivity index (χ3n) is 3.64. The van der Waals surface area contributed by atoms with Gasteiger partial charge in [-0.3, -0.25) is 4.79 Å². The molecule has 0 fully saturated rings. The Bertz CT molecular complexity index is 1070. The standard InChI is InChI=1S/C17H15ClFN3O3S/c18-12-2-1-3-14(10-12)26(24,25)21-7-6-20-17(23)16-9-11-8-13(19)4-5-15(11)22-16/h1-5,8-10,21-22H,6-7H2,(H,20,23). The largest absolute Gasteiger partial charge is 0.351 e. The number of nitrogens with one attached hydrogen (secondary N) is 3. The molecular weight excluding hydrogens is 381 g/mol. The highest BCUT2D eigenvalue weighted by Crippen LogP contribution is 2.17. The fourth-order valence-corrected chi connectivity index (χ4v) is 3.73. The molecule has 3 rings (SSSR count). The van der Waals surface area contributed by atoms with Crippen molar-refractivity contribution in [2.45, 2.75) is 4.90 Å². The molecule has 1 heterocycles. The second kappa shape index (κ2) is 7.45. The van der Waals surface area contributed by atoms with E-state index in [2.05, 4.69) is 15.0 Å². The summed E-state index contributed by atoms with van der Waals surface area (Å²) in [6.45, 7) is 0.0950. The SMILES string of the molecule is O=C(NCCNS(=O)(=O)c1cccc(Cl)c1)c1cc2cc(F)ccc2[nH]1. The van der Waals surface area contributed by atoms with Gasteiger partial charge in [0.05, 0.1) is 4.90 Å². The zero-order valence-electron chi connectivity index (χ0n) is 13.4. The smallest absolute Gasteiger partial charge is 0.267 e. The van der Waals surface area contributed by atoms with Crippen molar-refractivity contribution in [2.24, 2.45) is 0 Å². The molecule has 0 bridgehead atoms. The molecule has 0 radical (unpaired) electrons. The van der Waals surface area contributed by atoms with E-state index in [0.29, 0.717) is 15.9 Å². The Morgan fingerprint density at radius 3 is 2.69 bits per heavy atom. The Morgan fingerprint density at radius 1 is 1.12 bits per heavy atom. The predicted molar refractivity (Wildman–Crippen MR) is 97.2 cm³/mol. The van der Waals surface area contributed by atoms with Crippen molar-refractivity contribution >= 4 is 38.4 Å². The molecule has 6 nitrogen and oxygen atoms in total. The average Bonchev–Trinajstić information content (AvgIpc) is 3.02. The minimum absolute atomic E-state index is 0.00937. The van der Waals surface area contributed by atoms with Gasteiger partial charge in [0, 0.05) is 29.0 Å². The van der Waals surface area contributed by atoms with Crippen LogP contribution in [0.2, 0.25) is 5.02 Å². The lowest BCUT2D eigenvalue weighted by Crippen LogP contribution is -2.34. The third kappa shape index (κ3) is 4.21. The van der Waals surface area contributed by atoms with E-state index in [1.807, 2.05) is 0 Å². The number of amides is 1. The van der Waals surface area contributed by atoms with Gasteiger partial charge in [-0.2, -0.15) is 0 Å². The molecule has 2 aromatic carbocycles. The summed E-state index contributed by atoms with van der Waals surface area (Å²) in [6.07, 6.45) is 0. The Balaban J connectivity index is 1.56. The molecule has 0 saturated carbocycles. The molecule has 0 atom stereocenters. The lowest BCUT2D eigenvalue weighted by Gasteiger charge is -2.08. The quantitative estimate of drug-likeness (QED) is 0.560. The van der Waals surface area contributed by atoms with Gasteiger partial charge in [0.15, 0.2) is 0 Å². The number of carbonyl (C=O) groups excluding carboxylic acids is 1. The first-order valence-electron chi connectivity index (χ1n) is 7.67. The van der Waals surface area contributed by atoms with Crippen molar-refractivity contribution < 1.29 is 17.6 Å². The van der Waals surface area contributed by atoms with Gasteiger partial charge in [-0.15, -0.1) is 0 Å². The highest BCUT2D eigenvalue weighted by molar-refractivity contribution is 7.89. The van der Waals surface area contributed by atoms with Crippen LogP contribution in [-0.2, 0) is 10.0 Å². The van der Waals surface area contributed by atoms with E-state index in [4.69, 9.17) is 11.6 Å². The minimum Gasteiger partial charge on any atom is -0.351 e. The molecule has 0 unspecified atom stereocenters. The molecule has 1 amide bonds. The summed E-state index contributed by atoms with van der Waals surface area (Å²) in [5.74, 6) is -0.803. The molecule has 0 aliphatic heterocycles. The lowest BCUT2D eigenvalue weighted by atomic mass is 10.2. The fraction of sp³-hybridized carbons (Fsp3) is 0.118. The van der Waals surface area contributed by atoms with Crippen LogP contribution >= 0.6 is 11.6 Å². The van der Waals surface area contributed by atoms with E-state index in [-0.39, 0.29) is 29.5 Å². The van der Waals surface area contributed by atoms with Crippen LogP contribution in [0.3, 0.4) is 0 Å². The normalized spacial score (nSPS) is 11.6. The summed E-state index contributed by atoms with van der Waals surface area (Å²) in [4.78, 5) is 15.0. The second-order valence-corrected chi connectivity index (χ2v) is 7.73. The van der Waals surface area contributed by atoms with E-state index >= 15 is 0 Å². The zero-order valence-corrected chi connectivity index (χ0v) is 15.0. The number of hydrogen-bond acceptors (Lipinski definition) is 3. The van der Waals surface area contributed by atoms with Gasteiger partial charge < -0.3 is 10.3 Å². The molecule has 3 N–H and O–H groups in total. The summed E-state index contributed by atoms with van der Waals surface area (Å²) in [5, 5.41) is 3.49. The van der Waals surface area contributed by atoms with E-state index in [0.717, 1.165) is 0 Å². The van der Waals surface area contributed by atoms with Gasteiger partial charge in [0.1, 0.15) is 11.5 Å². The monoisotopic (exact) mass is 395 g/mol. The second-order valence-electron chi connectivity index (χ2n) is 5.53. The highest BCUT2D eigenvalue weighted by Gasteiger charge is 2.14. The number of rotatable bonds is 6. The maximum absolute atomic E-state index is 13.2. The number of aromatic amines is 1. The summed E-state index contributed by atoms with van der Waals surface area (Å²) < 4.78 is 39.8. The topological polar surface area (TPSA) is 91.1 Å². The predicted octanol–water partition coefficient (Wildman–Crippen LogP) is 2.67. The first-order chi connectivity index (χ1) is 12.3. The molecule has 3 aromatic rings. The third-order valence-corrected chi connectivity index (χ3v) is 5.33. The van der Waals surface area contributed by atoms with Gasteiger partial charge >= 0.3 is 0 Å². The summed E-state index contributed by atoms with van der Waals surface area (Å²) in [7, 11) is -3.71. The van der Waals surface area contributed by atoms with Gasteiger partial charge in [-0.1, -0.05) is 17.7 Å². The molecule has 0 saturated heterocycles. The number of benzene rings is 2. The van der Waals surface area contributed by atoms with Gasteiger partial charge in [0.25, 0.3) is 5.91 Å². The molecule has 1 aromatic heterocycles. The number of sulfonamides is 1. The molecule has 136 valence electrons. The number of hydrogen-bond donors (Lipinski definition) is 3. The van der Waals surface area contributed by atoms with Crippen LogP contribution in [0, 0.1) is 5.82 Å². The first-order valence-corrected chi connectivity index (χ1v) is 9.53.